The van der Waals surface area contributed by atoms with Crippen molar-refractivity contribution in [2.24, 2.45) is 10.4 Å². The van der Waals surface area contributed by atoms with Gasteiger partial charge in [-0.2, -0.15) is 19.9 Å². The fourth-order valence-corrected chi connectivity index (χ4v) is 11.8. The van der Waals surface area contributed by atoms with Crippen LogP contribution in [0.1, 0.15) is 205 Å². The van der Waals surface area contributed by atoms with Crippen molar-refractivity contribution in [1.82, 2.24) is 73.9 Å². The Hall–Kier alpha value is -12.7. The van der Waals surface area contributed by atoms with Crippen molar-refractivity contribution < 1.29 is 9.59 Å². The molecule has 0 saturated heterocycles. The molecule has 1 aliphatic heterocycles. The lowest BCUT2D eigenvalue weighted by Crippen LogP contribution is -2.42. The number of benzene rings is 2. The largest absolute Gasteiger partial charge is 0.383 e. The third kappa shape index (κ3) is 18.2. The molecule has 0 saturated carbocycles. The SMILES string of the molecule is C=C1N=Cc2c(N)nc(N)nc2N1C(C)(C)C.CC(=N)c1cn(C(C)(C)C)c(=O)[nH]c1=O.CC(=O)c1cn(C(C)(C)C)c(=O)nc1N.CC(C)(C)C1=CCC(=O)c2c1nc(N)[nH]c2=O.Cc1[nH]c(=O)cc2c1cc(C(C)(C)C)c1nc(N)[nH]c(=O)c12.Cc1nc(N)nc2c1cc(C(C)(C)C)c1nc(N)nc(N)c12. The van der Waals surface area contributed by atoms with E-state index in [0.717, 1.165) is 38.9 Å². The number of aromatic amines is 4. The van der Waals surface area contributed by atoms with E-state index in [9.17, 15) is 38.4 Å². The Balaban J connectivity index is 0.000000182. The summed E-state index contributed by atoms with van der Waals surface area (Å²) in [5.41, 5.74) is 50.0. The molecule has 0 bridgehead atoms. The molecule has 572 valence electrons. The van der Waals surface area contributed by atoms with Crippen molar-refractivity contribution in [3.05, 3.63) is 162 Å². The van der Waals surface area contributed by atoms with Crippen LogP contribution in [0.4, 0.5) is 53.0 Å². The van der Waals surface area contributed by atoms with Gasteiger partial charge >= 0.3 is 11.4 Å². The monoisotopic (exact) mass is 1480 g/mol. The molecule has 1 aliphatic carbocycles. The number of aromatic nitrogens is 15. The Kier molecular flexibility index (Phi) is 23.0. The van der Waals surface area contributed by atoms with Gasteiger partial charge in [0, 0.05) is 75.3 Å². The summed E-state index contributed by atoms with van der Waals surface area (Å²) < 4.78 is 2.82. The Morgan fingerprint density at radius 3 is 1.58 bits per heavy atom. The second kappa shape index (κ2) is 30.1. The molecule has 10 aromatic rings. The minimum atomic E-state index is -0.506. The smallest absolute Gasteiger partial charge is 0.350 e. The first-order valence-corrected chi connectivity index (χ1v) is 34.0. The second-order valence-electron chi connectivity index (χ2n) is 31.9. The van der Waals surface area contributed by atoms with Crippen molar-refractivity contribution >= 4 is 126 Å². The summed E-state index contributed by atoms with van der Waals surface area (Å²) in [6.45, 7) is 46.3. The number of allylic oxidation sites excluding steroid dienone is 2. The number of aryl methyl sites for hydroxylation is 2. The number of hydrogen-bond donors (Lipinski definition) is 13. The second-order valence-corrected chi connectivity index (χ2v) is 31.9. The number of ketones is 2. The summed E-state index contributed by atoms with van der Waals surface area (Å²) in [5.74, 6) is 2.10. The molecule has 0 radical (unpaired) electrons. The maximum Gasteiger partial charge on any atom is 0.350 e. The van der Waals surface area contributed by atoms with Crippen LogP contribution in [0.2, 0.25) is 0 Å². The fourth-order valence-electron chi connectivity index (χ4n) is 11.8. The van der Waals surface area contributed by atoms with Gasteiger partial charge in [-0.1, -0.05) is 75.0 Å². The molecular formula is C74H98N26O8. The third-order valence-electron chi connectivity index (χ3n) is 16.9. The zero-order chi connectivity index (χ0) is 81.7. The van der Waals surface area contributed by atoms with Crippen molar-refractivity contribution in [1.29, 1.82) is 5.41 Å². The van der Waals surface area contributed by atoms with E-state index in [1.165, 1.54) is 41.4 Å². The lowest BCUT2D eigenvalue weighted by atomic mass is 9.79. The number of carbonyl (C=O) groups excluding carboxylic acids is 2. The Morgan fingerprint density at radius 1 is 0.519 bits per heavy atom. The van der Waals surface area contributed by atoms with Gasteiger partial charge in [0.25, 0.3) is 16.7 Å². The number of Topliss-reactive ketones (excluding diaryl/α,β-unsaturated/α-hetero) is 2. The number of nitrogens with zero attached hydrogens (tertiary/aromatic N) is 13. The molecule has 2 aliphatic rings. The molecule has 0 atom stereocenters. The number of hydrogen-bond acceptors (Lipinski definition) is 28. The normalized spacial score (nSPS) is 12.9. The average Bonchev–Trinajstić information content (AvgIpc) is 0.746. The van der Waals surface area contributed by atoms with Crippen LogP contribution < -0.4 is 84.4 Å². The number of nitrogen functional groups attached to an aromatic ring is 8. The van der Waals surface area contributed by atoms with Crippen LogP contribution in [0.3, 0.4) is 0 Å². The van der Waals surface area contributed by atoms with E-state index in [2.05, 4.69) is 97.1 Å². The number of pyridine rings is 1. The molecule has 0 fully saturated rings. The van der Waals surface area contributed by atoms with Crippen LogP contribution in [0.25, 0.3) is 49.1 Å². The lowest BCUT2D eigenvalue weighted by molar-refractivity contribution is 0.0988. The molecule has 9 heterocycles. The Labute approximate surface area is 621 Å². The van der Waals surface area contributed by atoms with E-state index in [-0.39, 0.29) is 109 Å². The molecule has 8 aromatic heterocycles. The molecule has 0 spiro atoms. The highest BCUT2D eigenvalue weighted by Crippen LogP contribution is 2.40. The third-order valence-corrected chi connectivity index (χ3v) is 16.9. The van der Waals surface area contributed by atoms with Crippen LogP contribution >= 0.6 is 0 Å². The molecular weight excluding hydrogens is 1380 g/mol. The highest BCUT2D eigenvalue weighted by atomic mass is 16.2. The van der Waals surface area contributed by atoms with Gasteiger partial charge in [-0.25, -0.2) is 39.5 Å². The molecule has 34 heteroatoms. The summed E-state index contributed by atoms with van der Waals surface area (Å²) >= 11 is 0. The standard InChI is InChI=1S/C16H18N4O2.C15H19N7.C12H15N3O2.C11H16N6.2C10H15N3O2/c1-7-8-5-10(16(2,3)4)13-12(9(8)6-11(21)18-7)14(22)20-15(17)19-13;1-6-7-5-8(15(2,3)4)11-9(10(7)20-13(17)19-6)12(16)22-14(18)21-11;1-12(2,3)6-4-5-7(16)8-9(6)14-11(13)15-10(8)17;1-6-14-5-7-8(12)15-10(13)16-9(7)17(6)11(2,3)4;1-6(14)7-5-13(10(2,3)4)9(15)12-8(7)11;1-6(11)7-5-13(10(2,3)4)9(15)12-8(7)14/h5-6H,1-4H3,(H,18,21)(H3,17,19,20,22);5H,1-4H3,(H2,17,19,20)(H4,16,18,21,22);4H,5H2,1-3H3,(H3,13,14,15,17);5H,1H2,2-4H3,(H4,12,13,15,16);5H,1-4H3,(H2,11,12,15);5,11H,1-4H3,(H,12,14,15). The van der Waals surface area contributed by atoms with Crippen molar-refractivity contribution in [3.63, 3.8) is 0 Å². The highest BCUT2D eigenvalue weighted by molar-refractivity contribution is 6.12. The number of H-pyrrole nitrogens is 4. The molecule has 0 unspecified atom stereocenters. The van der Waals surface area contributed by atoms with E-state index >= 15 is 0 Å². The maximum atomic E-state index is 12.4. The molecule has 0 amide bonds. The summed E-state index contributed by atoms with van der Waals surface area (Å²) in [6.07, 6.45) is 6.59. The molecule has 108 heavy (non-hydrogen) atoms. The van der Waals surface area contributed by atoms with Gasteiger partial charge in [0.15, 0.2) is 17.4 Å². The van der Waals surface area contributed by atoms with Crippen molar-refractivity contribution in [2.45, 2.75) is 186 Å². The van der Waals surface area contributed by atoms with Gasteiger partial charge in [0.1, 0.15) is 28.8 Å². The van der Waals surface area contributed by atoms with Gasteiger partial charge in [-0.3, -0.25) is 52.9 Å². The van der Waals surface area contributed by atoms with Gasteiger partial charge in [0.2, 0.25) is 35.3 Å². The summed E-state index contributed by atoms with van der Waals surface area (Å²) in [4.78, 5) is 147. The topological polar surface area (TPSA) is 573 Å². The number of nitrogens with two attached hydrogens (primary N) is 8. The fraction of sp³-hybridized carbons (Fsp3) is 0.392. The summed E-state index contributed by atoms with van der Waals surface area (Å²) in [7, 11) is 0. The number of nitrogens with one attached hydrogen (secondary N) is 5. The van der Waals surface area contributed by atoms with Crippen molar-refractivity contribution in [3.8, 4) is 0 Å². The first-order valence-electron chi connectivity index (χ1n) is 34.0. The van der Waals surface area contributed by atoms with Gasteiger partial charge in [-0.15, -0.1) is 0 Å². The van der Waals surface area contributed by atoms with E-state index in [0.29, 0.717) is 67.2 Å². The summed E-state index contributed by atoms with van der Waals surface area (Å²) in [5, 5.41) is 10.8. The van der Waals surface area contributed by atoms with E-state index in [1.54, 1.807) is 6.21 Å². The van der Waals surface area contributed by atoms with Crippen LogP contribution in [0.15, 0.2) is 82.8 Å². The van der Waals surface area contributed by atoms with E-state index in [1.807, 2.05) is 141 Å². The van der Waals surface area contributed by atoms with Crippen LogP contribution in [-0.4, -0.2) is 103 Å². The molecule has 34 nitrogen and oxygen atoms in total. The zero-order valence-corrected chi connectivity index (χ0v) is 65.2. The predicted molar refractivity (Wildman–Crippen MR) is 430 cm³/mol. The first kappa shape index (κ1) is 82.6. The average molecular weight is 1480 g/mol. The maximum absolute atomic E-state index is 12.4. The molecule has 12 rings (SSSR count). The predicted octanol–water partition coefficient (Wildman–Crippen LogP) is 7.86. The molecule has 21 N–H and O–H groups in total. The van der Waals surface area contributed by atoms with Crippen LogP contribution in [0, 0.1) is 24.7 Å². The first-order chi connectivity index (χ1) is 49.4. The highest BCUT2D eigenvalue weighted by Gasteiger charge is 2.33. The quantitative estimate of drug-likeness (QED) is 0.0445. The number of fused-ring (bicyclic) bond motifs is 8. The minimum Gasteiger partial charge on any atom is -0.383 e. The van der Waals surface area contributed by atoms with Gasteiger partial charge < -0.3 is 61.2 Å². The Bertz CT molecular complexity index is 5770. The Morgan fingerprint density at radius 2 is 1.04 bits per heavy atom. The van der Waals surface area contributed by atoms with E-state index < -0.39 is 33.6 Å². The zero-order valence-electron chi connectivity index (χ0n) is 65.2. The van der Waals surface area contributed by atoms with Crippen LogP contribution in [-0.2, 0) is 21.9 Å². The van der Waals surface area contributed by atoms with Crippen LogP contribution in [0.5, 0.6) is 0 Å². The van der Waals surface area contributed by atoms with E-state index in [4.69, 9.17) is 51.3 Å². The number of carbonyl (C=O) groups is 2. The number of aliphatic imine (C=N–C) groups is 1. The lowest BCUT2D eigenvalue weighted by Gasteiger charge is -2.38. The molecule has 2 aromatic carbocycles. The van der Waals surface area contributed by atoms with Gasteiger partial charge in [-0.05, 0) is 135 Å². The summed E-state index contributed by atoms with van der Waals surface area (Å²) in [6, 6.07) is 5.46. The number of rotatable bonds is 2. The minimum absolute atomic E-state index is 0.00648. The van der Waals surface area contributed by atoms with Gasteiger partial charge in [0.05, 0.1) is 55.4 Å². The van der Waals surface area contributed by atoms with Crippen molar-refractivity contribution in [2.75, 3.05) is 50.8 Å². The number of anilines is 9.